The average Bonchev–Trinajstić information content (AvgIpc) is 2.59. The zero-order valence-electron chi connectivity index (χ0n) is 13.0. The Labute approximate surface area is 138 Å². The number of hydrazine groups is 1. The van der Waals surface area contributed by atoms with E-state index in [-0.39, 0.29) is 26.1 Å². The van der Waals surface area contributed by atoms with Gasteiger partial charge in [0.1, 0.15) is 0 Å². The topological polar surface area (TPSA) is 122 Å². The lowest BCUT2D eigenvalue weighted by atomic mass is 9.99. The molecule has 1 fully saturated rings. The summed E-state index contributed by atoms with van der Waals surface area (Å²) in [5, 5.41) is 19.7. The molecule has 0 spiro atoms. The minimum absolute atomic E-state index is 0.00214. The molecule has 1 aliphatic rings. The van der Waals surface area contributed by atoms with E-state index in [0.29, 0.717) is 6.41 Å². The summed E-state index contributed by atoms with van der Waals surface area (Å²) < 4.78 is 0. The fourth-order valence-electron chi connectivity index (χ4n) is 2.72. The first kappa shape index (κ1) is 17.5. The number of carboxylic acid groups (broad SMARTS) is 1. The van der Waals surface area contributed by atoms with Crippen LogP contribution in [0, 0.1) is 0 Å². The van der Waals surface area contributed by atoms with Crippen LogP contribution in [0.15, 0.2) is 30.3 Å². The number of nitrogens with zero attached hydrogens (tertiary/aromatic N) is 2. The van der Waals surface area contributed by atoms with Crippen molar-refractivity contribution in [2.45, 2.75) is 18.6 Å². The van der Waals surface area contributed by atoms with Crippen molar-refractivity contribution in [3.63, 3.8) is 0 Å². The van der Waals surface area contributed by atoms with Crippen molar-refractivity contribution in [2.24, 2.45) is 0 Å². The summed E-state index contributed by atoms with van der Waals surface area (Å²) in [4.78, 5) is 36.1. The number of aliphatic hydroxyl groups excluding tert-OH is 1. The van der Waals surface area contributed by atoms with Crippen molar-refractivity contribution in [1.82, 2.24) is 20.7 Å². The van der Waals surface area contributed by atoms with Crippen molar-refractivity contribution in [3.05, 3.63) is 35.9 Å². The summed E-state index contributed by atoms with van der Waals surface area (Å²) in [7, 11) is 0. The van der Waals surface area contributed by atoms with E-state index in [2.05, 4.69) is 10.9 Å². The molecule has 2 rings (SSSR count). The highest BCUT2D eigenvalue weighted by Gasteiger charge is 2.36. The molecule has 1 aromatic rings. The second kappa shape index (κ2) is 8.16. The van der Waals surface area contributed by atoms with Gasteiger partial charge in [-0.25, -0.2) is 15.0 Å². The fraction of sp³-hybridized carbons (Fsp3) is 0.400. The van der Waals surface area contributed by atoms with Gasteiger partial charge in [-0.1, -0.05) is 30.3 Å². The van der Waals surface area contributed by atoms with Crippen molar-refractivity contribution < 1.29 is 24.6 Å². The standard InChI is InChI=1S/C15H20N4O5/c20-10-16-17-14(22)19-7-6-18(15(23)24)9-12(19)13(21)8-11-4-2-1-3-5-11/h1-5,10,12-13,21H,6-9H2,(H,16,20)(H,17,22)(H,23,24)/t12-,13?/m0/s1. The fourth-order valence-corrected chi connectivity index (χ4v) is 2.72. The number of hydrogen-bond acceptors (Lipinski definition) is 4. The highest BCUT2D eigenvalue weighted by Crippen LogP contribution is 2.17. The number of hydrogen-bond donors (Lipinski definition) is 4. The molecule has 1 aromatic carbocycles. The number of carbonyl (C=O) groups excluding carboxylic acids is 2. The maximum Gasteiger partial charge on any atom is 0.407 e. The van der Waals surface area contributed by atoms with Crippen LogP contribution in [0.1, 0.15) is 5.56 Å². The average molecular weight is 336 g/mol. The lowest BCUT2D eigenvalue weighted by Crippen LogP contribution is -2.63. The number of carbonyl (C=O) groups is 3. The molecule has 2 atom stereocenters. The minimum Gasteiger partial charge on any atom is -0.465 e. The molecule has 9 heteroatoms. The minimum atomic E-state index is -1.10. The van der Waals surface area contributed by atoms with Crippen molar-refractivity contribution in [1.29, 1.82) is 0 Å². The second-order valence-electron chi connectivity index (χ2n) is 5.44. The lowest BCUT2D eigenvalue weighted by Gasteiger charge is -2.42. The summed E-state index contributed by atoms with van der Waals surface area (Å²) in [5.74, 6) is 0. The molecule has 24 heavy (non-hydrogen) atoms. The van der Waals surface area contributed by atoms with Crippen LogP contribution >= 0.6 is 0 Å². The van der Waals surface area contributed by atoms with Gasteiger partial charge < -0.3 is 20.0 Å². The van der Waals surface area contributed by atoms with Crippen LogP contribution in [0.5, 0.6) is 0 Å². The zero-order chi connectivity index (χ0) is 17.5. The Balaban J connectivity index is 2.12. The van der Waals surface area contributed by atoms with Crippen molar-refractivity contribution >= 4 is 18.5 Å². The quantitative estimate of drug-likeness (QED) is 0.431. The Morgan fingerprint density at radius 2 is 2.00 bits per heavy atom. The molecule has 130 valence electrons. The molecule has 9 nitrogen and oxygen atoms in total. The van der Waals surface area contributed by atoms with Crippen LogP contribution in [0.25, 0.3) is 0 Å². The van der Waals surface area contributed by atoms with Gasteiger partial charge in [0.05, 0.1) is 12.1 Å². The number of piperazine rings is 1. The summed E-state index contributed by atoms with van der Waals surface area (Å²) in [5.41, 5.74) is 5.12. The molecule has 0 bridgehead atoms. The predicted octanol–water partition coefficient (Wildman–Crippen LogP) is -0.375. The van der Waals surface area contributed by atoms with E-state index in [0.717, 1.165) is 10.5 Å². The van der Waals surface area contributed by atoms with Gasteiger partial charge in [0, 0.05) is 26.1 Å². The second-order valence-corrected chi connectivity index (χ2v) is 5.44. The molecular formula is C15H20N4O5. The highest BCUT2D eigenvalue weighted by molar-refractivity contribution is 5.76. The Hall–Kier alpha value is -2.81. The number of nitrogens with one attached hydrogen (secondary N) is 2. The van der Waals surface area contributed by atoms with Crippen LogP contribution in [0.3, 0.4) is 0 Å². The molecule has 1 aliphatic heterocycles. The smallest absolute Gasteiger partial charge is 0.407 e. The Bertz CT molecular complexity index is 582. The molecule has 0 aliphatic carbocycles. The first-order valence-electron chi connectivity index (χ1n) is 7.48. The van der Waals surface area contributed by atoms with E-state index in [9.17, 15) is 19.5 Å². The number of amides is 4. The van der Waals surface area contributed by atoms with E-state index in [1.165, 1.54) is 4.90 Å². The molecule has 0 radical (unpaired) electrons. The summed E-state index contributed by atoms with van der Waals surface area (Å²) >= 11 is 0. The maximum atomic E-state index is 12.1. The molecule has 0 saturated carbocycles. The zero-order valence-corrected chi connectivity index (χ0v) is 13.0. The third-order valence-corrected chi connectivity index (χ3v) is 3.92. The Kier molecular flexibility index (Phi) is 5.96. The first-order valence-corrected chi connectivity index (χ1v) is 7.48. The summed E-state index contributed by atoms with van der Waals surface area (Å²) in [6.45, 7) is 0.255. The molecule has 1 saturated heterocycles. The molecular weight excluding hydrogens is 316 g/mol. The van der Waals surface area contributed by atoms with Crippen molar-refractivity contribution in [3.8, 4) is 0 Å². The highest BCUT2D eigenvalue weighted by atomic mass is 16.4. The third-order valence-electron chi connectivity index (χ3n) is 3.92. The molecule has 1 heterocycles. The van der Waals surface area contributed by atoms with Crippen LogP contribution < -0.4 is 10.9 Å². The maximum absolute atomic E-state index is 12.1. The Morgan fingerprint density at radius 3 is 2.62 bits per heavy atom. The van der Waals surface area contributed by atoms with E-state index in [1.54, 1.807) is 0 Å². The van der Waals surface area contributed by atoms with E-state index in [4.69, 9.17) is 5.11 Å². The molecule has 4 N–H and O–H groups in total. The molecule has 1 unspecified atom stereocenters. The normalized spacial score (nSPS) is 18.6. The predicted molar refractivity (Wildman–Crippen MR) is 84.0 cm³/mol. The van der Waals surface area contributed by atoms with Gasteiger partial charge in [0.2, 0.25) is 6.41 Å². The number of aliphatic hydroxyl groups is 1. The SMILES string of the molecule is O=CNNC(=O)N1CCN(C(=O)O)C[C@H]1C(O)Cc1ccccc1. The summed E-state index contributed by atoms with van der Waals surface area (Å²) in [6, 6.07) is 7.91. The molecule has 4 amide bonds. The van der Waals surface area contributed by atoms with Crippen LogP contribution in [0.4, 0.5) is 9.59 Å². The first-order chi connectivity index (χ1) is 11.5. The lowest BCUT2D eigenvalue weighted by molar-refractivity contribution is -0.110. The Morgan fingerprint density at radius 1 is 1.29 bits per heavy atom. The van der Waals surface area contributed by atoms with Gasteiger partial charge in [-0.2, -0.15) is 0 Å². The monoisotopic (exact) mass is 336 g/mol. The molecule has 0 aromatic heterocycles. The number of benzene rings is 1. The number of rotatable bonds is 5. The van der Waals surface area contributed by atoms with Gasteiger partial charge in [-0.3, -0.25) is 10.2 Å². The number of urea groups is 1. The van der Waals surface area contributed by atoms with Gasteiger partial charge in [-0.15, -0.1) is 0 Å². The summed E-state index contributed by atoms with van der Waals surface area (Å²) in [6.07, 6.45) is -1.44. The van der Waals surface area contributed by atoms with Crippen LogP contribution in [0.2, 0.25) is 0 Å². The van der Waals surface area contributed by atoms with Crippen molar-refractivity contribution in [2.75, 3.05) is 19.6 Å². The van der Waals surface area contributed by atoms with Gasteiger partial charge in [0.15, 0.2) is 0 Å². The van der Waals surface area contributed by atoms with E-state index >= 15 is 0 Å². The van der Waals surface area contributed by atoms with Gasteiger partial charge in [0.25, 0.3) is 0 Å². The largest absolute Gasteiger partial charge is 0.465 e. The van der Waals surface area contributed by atoms with Gasteiger partial charge in [-0.05, 0) is 5.56 Å². The van der Waals surface area contributed by atoms with Crippen LogP contribution in [-0.2, 0) is 11.2 Å². The van der Waals surface area contributed by atoms with E-state index < -0.39 is 24.3 Å². The van der Waals surface area contributed by atoms with Gasteiger partial charge >= 0.3 is 12.1 Å². The van der Waals surface area contributed by atoms with Crippen LogP contribution in [-0.4, -0.2) is 70.3 Å². The third kappa shape index (κ3) is 4.35. The van der Waals surface area contributed by atoms with E-state index in [1.807, 2.05) is 30.3 Å².